The zero-order valence-corrected chi connectivity index (χ0v) is 10.6. The van der Waals surface area contributed by atoms with Crippen molar-refractivity contribution in [3.05, 3.63) is 15.5 Å². The third kappa shape index (κ3) is 2.34. The number of hydrogen-bond acceptors (Lipinski definition) is 3. The van der Waals surface area contributed by atoms with E-state index < -0.39 is 0 Å². The molecule has 0 N–H and O–H groups in total. The summed E-state index contributed by atoms with van der Waals surface area (Å²) in [6.45, 7) is 0. The molecule has 72 valence electrons. The molecule has 13 heavy (non-hydrogen) atoms. The minimum atomic E-state index is 0.192. The molecule has 5 heteroatoms. The normalized spacial score (nSPS) is 28.2. The maximum absolute atomic E-state index is 5.81. The van der Waals surface area contributed by atoms with Crippen LogP contribution < -0.4 is 0 Å². The Morgan fingerprint density at radius 2 is 2.54 bits per heavy atom. The number of rotatable bonds is 2. The fourth-order valence-corrected chi connectivity index (χ4v) is 3.07. The van der Waals surface area contributed by atoms with E-state index in [1.807, 2.05) is 0 Å². The maximum Gasteiger partial charge on any atom is 0.123 e. The molecule has 2 rings (SSSR count). The second kappa shape index (κ2) is 4.42. The Bertz CT molecular complexity index is 293. The molecule has 0 spiro atoms. The van der Waals surface area contributed by atoms with Crippen LogP contribution in [0.2, 0.25) is 4.34 Å². The van der Waals surface area contributed by atoms with Crippen molar-refractivity contribution in [3.63, 3.8) is 0 Å². The first-order valence-corrected chi connectivity index (χ1v) is 6.84. The zero-order chi connectivity index (χ0) is 9.26. The number of thiazole rings is 1. The molecule has 1 saturated heterocycles. The first kappa shape index (κ1) is 10.1. The minimum Gasteiger partial charge on any atom is -0.367 e. The summed E-state index contributed by atoms with van der Waals surface area (Å²) in [5.74, 6) is 0. The van der Waals surface area contributed by atoms with Crippen LogP contribution in [0.3, 0.4) is 0 Å². The van der Waals surface area contributed by atoms with E-state index in [4.69, 9.17) is 16.3 Å². The summed E-state index contributed by atoms with van der Waals surface area (Å²) in [6, 6.07) is 0. The van der Waals surface area contributed by atoms with Crippen LogP contribution in [0.15, 0.2) is 6.20 Å². The fourth-order valence-electron chi connectivity index (χ4n) is 1.42. The van der Waals surface area contributed by atoms with Gasteiger partial charge in [-0.3, -0.25) is 0 Å². The van der Waals surface area contributed by atoms with Gasteiger partial charge in [-0.05, 0) is 12.8 Å². The second-order valence-electron chi connectivity index (χ2n) is 2.98. The highest BCUT2D eigenvalue weighted by molar-refractivity contribution is 14.1. The number of nitrogens with zero attached hydrogens (tertiary/aromatic N) is 1. The average molecular weight is 330 g/mol. The molecule has 2 nitrogen and oxygen atoms in total. The van der Waals surface area contributed by atoms with Crippen molar-refractivity contribution in [1.29, 1.82) is 0 Å². The summed E-state index contributed by atoms with van der Waals surface area (Å²) < 4.78 is 7.60. The molecule has 0 saturated carbocycles. The molecule has 2 unspecified atom stereocenters. The Balaban J connectivity index is 2.03. The maximum atomic E-state index is 5.81. The molecule has 0 radical (unpaired) electrons. The number of aromatic nitrogens is 1. The summed E-state index contributed by atoms with van der Waals surface area (Å²) >= 11 is 9.69. The van der Waals surface area contributed by atoms with Crippen LogP contribution >= 0.6 is 45.5 Å². The lowest BCUT2D eigenvalue weighted by molar-refractivity contribution is 0.0596. The van der Waals surface area contributed by atoms with Gasteiger partial charge in [-0.2, -0.15) is 0 Å². The first-order valence-electron chi connectivity index (χ1n) is 4.12. The van der Waals surface area contributed by atoms with E-state index in [0.717, 1.165) is 26.6 Å². The van der Waals surface area contributed by atoms with Gasteiger partial charge in [-0.1, -0.05) is 34.2 Å². The van der Waals surface area contributed by atoms with Gasteiger partial charge in [0.05, 0.1) is 12.3 Å². The number of halogens is 2. The van der Waals surface area contributed by atoms with Crippen molar-refractivity contribution in [3.8, 4) is 0 Å². The molecule has 0 bridgehead atoms. The monoisotopic (exact) mass is 329 g/mol. The largest absolute Gasteiger partial charge is 0.367 e. The summed E-state index contributed by atoms with van der Waals surface area (Å²) in [4.78, 5) is 4.23. The van der Waals surface area contributed by atoms with Gasteiger partial charge in [0.25, 0.3) is 0 Å². The van der Waals surface area contributed by atoms with Gasteiger partial charge in [0.15, 0.2) is 0 Å². The van der Waals surface area contributed by atoms with Crippen molar-refractivity contribution >= 4 is 45.5 Å². The van der Waals surface area contributed by atoms with Gasteiger partial charge in [0, 0.05) is 4.43 Å². The van der Waals surface area contributed by atoms with Crippen molar-refractivity contribution in [2.45, 2.75) is 25.0 Å². The lowest BCUT2D eigenvalue weighted by atomic mass is 10.2. The molecular weight excluding hydrogens is 321 g/mol. The van der Waals surface area contributed by atoms with Gasteiger partial charge in [0.1, 0.15) is 15.4 Å². The molecule has 1 aliphatic heterocycles. The van der Waals surface area contributed by atoms with Crippen molar-refractivity contribution in [2.24, 2.45) is 0 Å². The smallest absolute Gasteiger partial charge is 0.123 e. The van der Waals surface area contributed by atoms with Crippen molar-refractivity contribution in [2.75, 3.05) is 4.43 Å². The topological polar surface area (TPSA) is 22.1 Å². The predicted molar refractivity (Wildman–Crippen MR) is 62.9 cm³/mol. The van der Waals surface area contributed by atoms with Gasteiger partial charge in [0.2, 0.25) is 0 Å². The molecule has 1 aliphatic rings. The van der Waals surface area contributed by atoms with Crippen molar-refractivity contribution < 1.29 is 4.74 Å². The highest BCUT2D eigenvalue weighted by atomic mass is 127. The predicted octanol–water partition coefficient (Wildman–Crippen LogP) is 3.45. The molecule has 2 atom stereocenters. The van der Waals surface area contributed by atoms with Crippen LogP contribution in [0.4, 0.5) is 0 Å². The van der Waals surface area contributed by atoms with Gasteiger partial charge in [-0.15, -0.1) is 11.3 Å². The zero-order valence-electron chi connectivity index (χ0n) is 6.87. The quantitative estimate of drug-likeness (QED) is 0.612. The Hall–Kier alpha value is 0.610. The number of alkyl halides is 1. The average Bonchev–Trinajstić information content (AvgIpc) is 2.71. The summed E-state index contributed by atoms with van der Waals surface area (Å²) in [6.07, 6.45) is 4.52. The van der Waals surface area contributed by atoms with E-state index >= 15 is 0 Å². The molecule has 1 aromatic heterocycles. The third-order valence-corrected chi connectivity index (χ3v) is 4.24. The number of hydrogen-bond donors (Lipinski definition) is 0. The lowest BCUT2D eigenvalue weighted by Gasteiger charge is -2.08. The van der Waals surface area contributed by atoms with Crippen LogP contribution in [0.25, 0.3) is 0 Å². The summed E-state index contributed by atoms with van der Waals surface area (Å²) in [5.41, 5.74) is 0. The van der Waals surface area contributed by atoms with E-state index in [9.17, 15) is 0 Å². The minimum absolute atomic E-state index is 0.192. The fraction of sp³-hybridized carbons (Fsp3) is 0.625. The highest BCUT2D eigenvalue weighted by Gasteiger charge is 2.27. The van der Waals surface area contributed by atoms with Gasteiger partial charge in [-0.25, -0.2) is 4.98 Å². The Kier molecular flexibility index (Phi) is 3.45. The highest BCUT2D eigenvalue weighted by Crippen LogP contribution is 2.36. The van der Waals surface area contributed by atoms with Crippen LogP contribution in [0.5, 0.6) is 0 Å². The third-order valence-electron chi connectivity index (χ3n) is 2.05. The molecular formula is C8H9ClINOS. The second-order valence-corrected chi connectivity index (χ2v) is 5.56. The molecule has 1 aromatic rings. The lowest BCUT2D eigenvalue weighted by Crippen LogP contribution is -2.06. The first-order chi connectivity index (χ1) is 6.29. The molecule has 0 aromatic carbocycles. The Morgan fingerprint density at radius 3 is 3.08 bits per heavy atom. The van der Waals surface area contributed by atoms with E-state index in [-0.39, 0.29) is 6.10 Å². The Labute approximate surface area is 99.8 Å². The SMILES string of the molecule is Clc1cnc(C2CCC(CI)O2)s1. The molecule has 1 fully saturated rings. The molecule has 0 amide bonds. The van der Waals surface area contributed by atoms with Crippen LogP contribution in [0.1, 0.15) is 24.0 Å². The van der Waals surface area contributed by atoms with Gasteiger partial charge < -0.3 is 4.74 Å². The molecule has 2 heterocycles. The van der Waals surface area contributed by atoms with E-state index in [2.05, 4.69) is 27.6 Å². The Morgan fingerprint density at radius 1 is 1.69 bits per heavy atom. The van der Waals surface area contributed by atoms with Crippen LogP contribution in [0, 0.1) is 0 Å². The van der Waals surface area contributed by atoms with Crippen LogP contribution in [-0.2, 0) is 4.74 Å². The van der Waals surface area contributed by atoms with E-state index in [0.29, 0.717) is 6.10 Å². The van der Waals surface area contributed by atoms with E-state index in [1.54, 1.807) is 6.20 Å². The summed E-state index contributed by atoms with van der Waals surface area (Å²) in [5, 5.41) is 1.03. The van der Waals surface area contributed by atoms with Gasteiger partial charge >= 0.3 is 0 Å². The molecule has 0 aliphatic carbocycles. The summed E-state index contributed by atoms with van der Waals surface area (Å²) in [7, 11) is 0. The van der Waals surface area contributed by atoms with Crippen molar-refractivity contribution in [1.82, 2.24) is 4.98 Å². The van der Waals surface area contributed by atoms with Crippen LogP contribution in [-0.4, -0.2) is 15.5 Å². The standard InChI is InChI=1S/C8H9ClINOS/c9-7-4-11-8(13-7)6-2-1-5(3-10)12-6/h4-6H,1-3H2. The number of ether oxygens (including phenoxy) is 1. The van der Waals surface area contributed by atoms with E-state index in [1.165, 1.54) is 11.3 Å².